The number of amides is 2. The van der Waals surface area contributed by atoms with Crippen LogP contribution in [0.5, 0.6) is 0 Å². The maximum atomic E-state index is 12.1. The molecule has 0 saturated heterocycles. The number of fused-ring (bicyclic) bond motifs is 1. The number of carboxylic acid groups (broad SMARTS) is 1. The van der Waals surface area contributed by atoms with Gasteiger partial charge in [-0.05, 0) is 25.5 Å². The van der Waals surface area contributed by atoms with E-state index in [-0.39, 0.29) is 12.1 Å². The van der Waals surface area contributed by atoms with Gasteiger partial charge in [-0.25, -0.2) is 9.59 Å². The minimum Gasteiger partial charge on any atom is -0.480 e. The van der Waals surface area contributed by atoms with E-state index < -0.39 is 12.0 Å². The summed E-state index contributed by atoms with van der Waals surface area (Å²) in [6.45, 7) is 3.69. The fourth-order valence-corrected chi connectivity index (χ4v) is 2.15. The lowest BCUT2D eigenvalue weighted by atomic mass is 10.1. The third kappa shape index (κ3) is 2.16. The molecule has 2 rings (SSSR count). The predicted molar refractivity (Wildman–Crippen MR) is 67.7 cm³/mol. The summed E-state index contributed by atoms with van der Waals surface area (Å²) in [7, 11) is 0. The third-order valence-electron chi connectivity index (χ3n) is 2.89. The number of aliphatic carboxylic acids is 1. The van der Waals surface area contributed by atoms with E-state index in [1.165, 1.54) is 4.90 Å². The van der Waals surface area contributed by atoms with Gasteiger partial charge in [-0.15, -0.1) is 0 Å². The molecule has 1 atom stereocenters. The molecule has 0 radical (unpaired) electrons. The SMILES string of the molecule is CC(C)NC(=O)N1c2ccccc2C[C@H]1C(=O)O. The highest BCUT2D eigenvalue weighted by Gasteiger charge is 2.38. The third-order valence-corrected chi connectivity index (χ3v) is 2.89. The lowest BCUT2D eigenvalue weighted by Crippen LogP contribution is -2.49. The van der Waals surface area contributed by atoms with Crippen LogP contribution in [0.2, 0.25) is 0 Å². The van der Waals surface area contributed by atoms with Gasteiger partial charge in [0.15, 0.2) is 0 Å². The van der Waals surface area contributed by atoms with E-state index in [9.17, 15) is 14.7 Å². The fraction of sp³-hybridized carbons (Fsp3) is 0.385. The predicted octanol–water partition coefficient (Wildman–Crippen LogP) is 1.62. The number of hydrogen-bond acceptors (Lipinski definition) is 2. The van der Waals surface area contributed by atoms with Crippen LogP contribution in [-0.2, 0) is 11.2 Å². The molecule has 0 spiro atoms. The summed E-state index contributed by atoms with van der Waals surface area (Å²) in [5, 5.41) is 12.0. The second-order valence-corrected chi connectivity index (χ2v) is 4.66. The molecule has 5 nitrogen and oxygen atoms in total. The zero-order valence-corrected chi connectivity index (χ0v) is 10.4. The van der Waals surface area contributed by atoms with Crippen LogP contribution in [0.1, 0.15) is 19.4 Å². The van der Waals surface area contributed by atoms with Crippen molar-refractivity contribution in [3.8, 4) is 0 Å². The minimum atomic E-state index is -0.981. The second kappa shape index (κ2) is 4.68. The highest BCUT2D eigenvalue weighted by molar-refractivity contribution is 6.01. The topological polar surface area (TPSA) is 69.6 Å². The number of carboxylic acids is 1. The second-order valence-electron chi connectivity index (χ2n) is 4.66. The Hall–Kier alpha value is -2.04. The summed E-state index contributed by atoms with van der Waals surface area (Å²) >= 11 is 0. The van der Waals surface area contributed by atoms with Gasteiger partial charge in [-0.3, -0.25) is 4.90 Å². The van der Waals surface area contributed by atoms with Crippen LogP contribution in [0, 0.1) is 0 Å². The average Bonchev–Trinajstić information content (AvgIpc) is 2.67. The van der Waals surface area contributed by atoms with Gasteiger partial charge in [-0.2, -0.15) is 0 Å². The van der Waals surface area contributed by atoms with Gasteiger partial charge in [0.2, 0.25) is 0 Å². The van der Waals surface area contributed by atoms with Crippen molar-refractivity contribution in [3.05, 3.63) is 29.8 Å². The average molecular weight is 248 g/mol. The molecule has 1 aromatic carbocycles. The van der Waals surface area contributed by atoms with Crippen molar-refractivity contribution in [2.24, 2.45) is 0 Å². The van der Waals surface area contributed by atoms with E-state index in [1.54, 1.807) is 12.1 Å². The van der Waals surface area contributed by atoms with Gasteiger partial charge < -0.3 is 10.4 Å². The lowest BCUT2D eigenvalue weighted by Gasteiger charge is -2.24. The Morgan fingerprint density at radius 2 is 2.06 bits per heavy atom. The molecule has 18 heavy (non-hydrogen) atoms. The molecule has 0 saturated carbocycles. The number of nitrogens with one attached hydrogen (secondary N) is 1. The molecule has 96 valence electrons. The standard InChI is InChI=1S/C13H16N2O3/c1-8(2)14-13(18)15-10-6-4-3-5-9(10)7-11(15)12(16)17/h3-6,8,11H,7H2,1-2H3,(H,14,18)(H,16,17)/t11-/m0/s1. The molecule has 1 aliphatic rings. The number of nitrogens with zero attached hydrogens (tertiary/aromatic N) is 1. The van der Waals surface area contributed by atoms with E-state index in [0.717, 1.165) is 5.56 Å². The fourth-order valence-electron chi connectivity index (χ4n) is 2.15. The van der Waals surface area contributed by atoms with Crippen molar-refractivity contribution >= 4 is 17.7 Å². The highest BCUT2D eigenvalue weighted by Crippen LogP contribution is 2.32. The zero-order valence-electron chi connectivity index (χ0n) is 10.4. The molecule has 2 amide bonds. The van der Waals surface area contributed by atoms with E-state index in [4.69, 9.17) is 0 Å². The molecule has 2 N–H and O–H groups in total. The van der Waals surface area contributed by atoms with Gasteiger partial charge >= 0.3 is 12.0 Å². The first kappa shape index (κ1) is 12.4. The maximum absolute atomic E-state index is 12.1. The Morgan fingerprint density at radius 3 is 2.67 bits per heavy atom. The highest BCUT2D eigenvalue weighted by atomic mass is 16.4. The molecule has 1 aliphatic heterocycles. The molecule has 5 heteroatoms. The molecule has 1 heterocycles. The van der Waals surface area contributed by atoms with Crippen molar-refractivity contribution in [1.82, 2.24) is 5.32 Å². The largest absolute Gasteiger partial charge is 0.480 e. The van der Waals surface area contributed by atoms with Crippen molar-refractivity contribution in [2.45, 2.75) is 32.4 Å². The van der Waals surface area contributed by atoms with Crippen LogP contribution in [0.15, 0.2) is 24.3 Å². The van der Waals surface area contributed by atoms with Crippen LogP contribution >= 0.6 is 0 Å². The summed E-state index contributed by atoms with van der Waals surface area (Å²) in [4.78, 5) is 24.7. The van der Waals surface area contributed by atoms with Crippen LogP contribution < -0.4 is 10.2 Å². The summed E-state index contributed by atoms with van der Waals surface area (Å²) in [6.07, 6.45) is 0.358. The Kier molecular flexibility index (Phi) is 3.23. The summed E-state index contributed by atoms with van der Waals surface area (Å²) in [5.41, 5.74) is 1.58. The smallest absolute Gasteiger partial charge is 0.327 e. The van der Waals surface area contributed by atoms with Crippen molar-refractivity contribution < 1.29 is 14.7 Å². The summed E-state index contributed by atoms with van der Waals surface area (Å²) < 4.78 is 0. The summed E-state index contributed by atoms with van der Waals surface area (Å²) in [5.74, 6) is -0.981. The first-order chi connectivity index (χ1) is 8.50. The van der Waals surface area contributed by atoms with Crippen LogP contribution in [0.4, 0.5) is 10.5 Å². The quantitative estimate of drug-likeness (QED) is 0.835. The molecular formula is C13H16N2O3. The Balaban J connectivity index is 2.34. The monoisotopic (exact) mass is 248 g/mol. The van der Waals surface area contributed by atoms with E-state index in [2.05, 4.69) is 5.32 Å². The number of carbonyl (C=O) groups is 2. The van der Waals surface area contributed by atoms with Crippen molar-refractivity contribution in [2.75, 3.05) is 4.90 Å². The first-order valence-corrected chi connectivity index (χ1v) is 5.91. The van der Waals surface area contributed by atoms with Crippen molar-refractivity contribution in [3.63, 3.8) is 0 Å². The number of carbonyl (C=O) groups excluding carboxylic acids is 1. The van der Waals surface area contributed by atoms with E-state index in [1.807, 2.05) is 26.0 Å². The number of hydrogen-bond donors (Lipinski definition) is 2. The number of benzene rings is 1. The molecule has 0 fully saturated rings. The van der Waals surface area contributed by atoms with E-state index in [0.29, 0.717) is 12.1 Å². The molecule has 0 unspecified atom stereocenters. The Labute approximate surface area is 105 Å². The van der Waals surface area contributed by atoms with E-state index >= 15 is 0 Å². The number of rotatable bonds is 2. The first-order valence-electron chi connectivity index (χ1n) is 5.91. The van der Waals surface area contributed by atoms with Crippen LogP contribution in [-0.4, -0.2) is 29.2 Å². The molecule has 1 aromatic rings. The zero-order chi connectivity index (χ0) is 13.3. The van der Waals surface area contributed by atoms with Gasteiger partial charge in [-0.1, -0.05) is 18.2 Å². The number of para-hydroxylation sites is 1. The Morgan fingerprint density at radius 1 is 1.39 bits per heavy atom. The summed E-state index contributed by atoms with van der Waals surface area (Å²) in [6, 6.07) is 6.08. The van der Waals surface area contributed by atoms with Crippen molar-refractivity contribution in [1.29, 1.82) is 0 Å². The molecule has 0 bridgehead atoms. The maximum Gasteiger partial charge on any atom is 0.327 e. The normalized spacial score (nSPS) is 17.7. The van der Waals surface area contributed by atoms with Gasteiger partial charge in [0.05, 0.1) is 0 Å². The van der Waals surface area contributed by atoms with Crippen LogP contribution in [0.3, 0.4) is 0 Å². The van der Waals surface area contributed by atoms with Crippen LogP contribution in [0.25, 0.3) is 0 Å². The van der Waals surface area contributed by atoms with Gasteiger partial charge in [0.1, 0.15) is 6.04 Å². The minimum absolute atomic E-state index is 0.0280. The van der Waals surface area contributed by atoms with Gasteiger partial charge in [0, 0.05) is 18.2 Å². The number of anilines is 1. The molecular weight excluding hydrogens is 232 g/mol. The number of urea groups is 1. The molecule has 0 aromatic heterocycles. The Bertz CT molecular complexity index is 485. The molecule has 0 aliphatic carbocycles. The lowest BCUT2D eigenvalue weighted by molar-refractivity contribution is -0.138. The van der Waals surface area contributed by atoms with Gasteiger partial charge in [0.25, 0.3) is 0 Å².